The molecule has 0 saturated carbocycles. The predicted octanol–water partition coefficient (Wildman–Crippen LogP) is -1.75. The fourth-order valence-corrected chi connectivity index (χ4v) is 2.16. The number of aromatic nitrogens is 2. The lowest BCUT2D eigenvalue weighted by molar-refractivity contribution is -0.145. The topological polar surface area (TPSA) is 176 Å². The quantitative estimate of drug-likeness (QED) is 0.351. The molecule has 3 atom stereocenters. The van der Waals surface area contributed by atoms with Crippen molar-refractivity contribution in [3.63, 3.8) is 0 Å². The zero-order valence-corrected chi connectivity index (χ0v) is 15.0. The summed E-state index contributed by atoms with van der Waals surface area (Å²) in [5.41, 5.74) is 3.14. The van der Waals surface area contributed by atoms with E-state index >= 15 is 0 Å². The predicted molar refractivity (Wildman–Crippen MR) is 91.1 cm³/mol. The van der Waals surface area contributed by atoms with Gasteiger partial charge in [-0.25, -0.2) is 9.59 Å². The third kappa shape index (κ3) is 6.02. The average molecular weight is 387 g/mol. The number of nitrogens with zero attached hydrogens (tertiary/aromatic N) is 1. The first-order valence-electron chi connectivity index (χ1n) is 8.04. The molecule has 1 unspecified atom stereocenters. The number of halogens is 1. The van der Waals surface area contributed by atoms with Crippen molar-refractivity contribution in [2.24, 2.45) is 11.7 Å². The number of hydrogen-bond acceptors (Lipinski definition) is 6. The summed E-state index contributed by atoms with van der Waals surface area (Å²) in [6, 6.07) is -2.03. The van der Waals surface area contributed by atoms with Crippen LogP contribution in [0.1, 0.15) is 33.4 Å². The Bertz CT molecular complexity index is 833. The van der Waals surface area contributed by atoms with E-state index in [0.717, 1.165) is 0 Å². The summed E-state index contributed by atoms with van der Waals surface area (Å²) in [4.78, 5) is 59.8. The molecule has 12 heteroatoms. The molecule has 1 rings (SSSR count). The summed E-state index contributed by atoms with van der Waals surface area (Å²) in [6.45, 7) is 5.01. The maximum Gasteiger partial charge on any atom is 0.347 e. The van der Waals surface area contributed by atoms with Gasteiger partial charge in [-0.2, -0.15) is 4.39 Å². The van der Waals surface area contributed by atoms with E-state index in [1.165, 1.54) is 6.92 Å². The van der Waals surface area contributed by atoms with Crippen molar-refractivity contribution < 1.29 is 23.9 Å². The first-order valence-corrected chi connectivity index (χ1v) is 8.04. The van der Waals surface area contributed by atoms with Crippen LogP contribution in [0, 0.1) is 11.7 Å². The molecule has 2 amide bonds. The van der Waals surface area contributed by atoms with Crippen molar-refractivity contribution in [3.05, 3.63) is 32.9 Å². The van der Waals surface area contributed by atoms with Gasteiger partial charge < -0.3 is 21.5 Å². The van der Waals surface area contributed by atoms with Gasteiger partial charge in [0, 0.05) is 0 Å². The van der Waals surface area contributed by atoms with Crippen LogP contribution in [0.3, 0.4) is 0 Å². The molecule has 0 aromatic carbocycles. The lowest BCUT2D eigenvalue weighted by Gasteiger charge is -2.21. The molecule has 27 heavy (non-hydrogen) atoms. The number of amides is 2. The van der Waals surface area contributed by atoms with E-state index in [2.05, 4.69) is 5.32 Å². The van der Waals surface area contributed by atoms with Gasteiger partial charge in [-0.1, -0.05) is 13.8 Å². The number of nitrogens with two attached hydrogens (primary N) is 1. The Labute approximate surface area is 152 Å². The van der Waals surface area contributed by atoms with Crippen LogP contribution in [-0.4, -0.2) is 44.5 Å². The summed E-state index contributed by atoms with van der Waals surface area (Å²) in [5.74, 6) is -4.51. The van der Waals surface area contributed by atoms with E-state index in [9.17, 15) is 33.5 Å². The molecule has 150 valence electrons. The molecule has 0 bridgehead atoms. The number of carboxylic acid groups (broad SMARTS) is 1. The molecule has 11 nitrogen and oxygen atoms in total. The molecule has 0 aliphatic heterocycles. The molecule has 0 aliphatic rings. The van der Waals surface area contributed by atoms with E-state index in [0.29, 0.717) is 17.2 Å². The Morgan fingerprint density at radius 1 is 1.22 bits per heavy atom. The number of carbonyl (C=O) groups is 3. The summed E-state index contributed by atoms with van der Waals surface area (Å²) in [5, 5.41) is 13.5. The number of carbonyl (C=O) groups excluding carboxylic acids is 2. The van der Waals surface area contributed by atoms with Crippen LogP contribution in [0.2, 0.25) is 0 Å². The molecule has 1 aromatic heterocycles. The van der Waals surface area contributed by atoms with Crippen molar-refractivity contribution >= 4 is 17.8 Å². The summed E-state index contributed by atoms with van der Waals surface area (Å²) in [7, 11) is 0. The van der Waals surface area contributed by atoms with Gasteiger partial charge in [-0.3, -0.25) is 23.9 Å². The third-order valence-corrected chi connectivity index (χ3v) is 3.53. The van der Waals surface area contributed by atoms with Crippen molar-refractivity contribution in [2.75, 3.05) is 0 Å². The summed E-state index contributed by atoms with van der Waals surface area (Å²) < 4.78 is 13.7. The molecule has 0 fully saturated rings. The van der Waals surface area contributed by atoms with Gasteiger partial charge in [0.05, 0.1) is 12.2 Å². The van der Waals surface area contributed by atoms with E-state index in [1.807, 2.05) is 19.2 Å². The van der Waals surface area contributed by atoms with E-state index in [-0.39, 0.29) is 5.92 Å². The van der Waals surface area contributed by atoms with E-state index in [4.69, 9.17) is 5.73 Å². The Balaban J connectivity index is 2.92. The average Bonchev–Trinajstić information content (AvgIpc) is 2.54. The van der Waals surface area contributed by atoms with Gasteiger partial charge >= 0.3 is 11.7 Å². The minimum atomic E-state index is -2.00. The highest BCUT2D eigenvalue weighted by atomic mass is 19.1. The third-order valence-electron chi connectivity index (χ3n) is 3.53. The number of rotatable bonds is 8. The molecular formula is C15H22FN5O6. The zero-order chi connectivity index (χ0) is 20.9. The van der Waals surface area contributed by atoms with Gasteiger partial charge in [0.25, 0.3) is 5.56 Å². The minimum absolute atomic E-state index is 0.147. The van der Waals surface area contributed by atoms with E-state index < -0.39 is 53.1 Å². The number of aromatic amines is 1. The monoisotopic (exact) mass is 387 g/mol. The number of H-pyrrole nitrogens is 1. The number of nitrogens with one attached hydrogen (secondary N) is 3. The van der Waals surface area contributed by atoms with Gasteiger partial charge in [0.2, 0.25) is 23.8 Å². The van der Waals surface area contributed by atoms with Crippen molar-refractivity contribution in [1.29, 1.82) is 0 Å². The molecule has 0 radical (unpaired) electrons. The second-order valence-electron chi connectivity index (χ2n) is 6.36. The summed E-state index contributed by atoms with van der Waals surface area (Å²) >= 11 is 0. The van der Waals surface area contributed by atoms with Crippen LogP contribution in [0.25, 0.3) is 0 Å². The molecule has 0 aliphatic carbocycles. The number of carboxylic acids is 1. The van der Waals surface area contributed by atoms with Crippen molar-refractivity contribution in [1.82, 2.24) is 20.2 Å². The lowest BCUT2D eigenvalue weighted by atomic mass is 10.0. The highest BCUT2D eigenvalue weighted by molar-refractivity contribution is 5.91. The minimum Gasteiger partial charge on any atom is -0.478 e. The number of hydrogen-bond donors (Lipinski definition) is 5. The fourth-order valence-electron chi connectivity index (χ4n) is 2.16. The van der Waals surface area contributed by atoms with Crippen LogP contribution in [-0.2, 0) is 14.4 Å². The second-order valence-corrected chi connectivity index (χ2v) is 6.36. The molecule has 1 aromatic rings. The smallest absolute Gasteiger partial charge is 0.347 e. The first kappa shape index (κ1) is 22.0. The first-order chi connectivity index (χ1) is 12.4. The second kappa shape index (κ2) is 9.07. The van der Waals surface area contributed by atoms with Gasteiger partial charge in [-0.15, -0.1) is 0 Å². The number of aliphatic carboxylic acids is 1. The van der Waals surface area contributed by atoms with Crippen LogP contribution in [0.15, 0.2) is 15.8 Å². The van der Waals surface area contributed by atoms with Crippen LogP contribution in [0.5, 0.6) is 0 Å². The highest BCUT2D eigenvalue weighted by Gasteiger charge is 2.28. The molecule has 0 spiro atoms. The Morgan fingerprint density at radius 3 is 2.33 bits per heavy atom. The van der Waals surface area contributed by atoms with Gasteiger partial charge in [0.15, 0.2) is 0 Å². The largest absolute Gasteiger partial charge is 0.478 e. The van der Waals surface area contributed by atoms with Crippen molar-refractivity contribution in [3.8, 4) is 0 Å². The molecule has 0 saturated heterocycles. The summed E-state index contributed by atoms with van der Waals surface area (Å²) in [6.07, 6.45) is -1.26. The van der Waals surface area contributed by atoms with Crippen LogP contribution < -0.4 is 27.6 Å². The van der Waals surface area contributed by atoms with Crippen molar-refractivity contribution in [2.45, 2.75) is 45.4 Å². The lowest BCUT2D eigenvalue weighted by Crippen LogP contribution is -2.53. The SMILES string of the molecule is CC(C)C[C@H](N)C(=O)N[C@@H](C)C(=O)NC(C(=O)O)n1cc(F)c(=O)[nH]c1=O. The maximum absolute atomic E-state index is 13.4. The Morgan fingerprint density at radius 2 is 1.81 bits per heavy atom. The molecule has 1 heterocycles. The van der Waals surface area contributed by atoms with Gasteiger partial charge in [0.1, 0.15) is 6.04 Å². The molecular weight excluding hydrogens is 365 g/mol. The Hall–Kier alpha value is -3.02. The standard InChI is InChI=1S/C15H22FN5O6/c1-6(2)4-9(17)13(24)18-7(3)11(22)19-10(14(25)26)21-5-8(16)12(23)20-15(21)27/h5-7,9-10H,4,17H2,1-3H3,(H,18,24)(H,19,22)(H,25,26)(H,20,23,27)/t7-,9-,10?/m0/s1. The van der Waals surface area contributed by atoms with Gasteiger partial charge in [-0.05, 0) is 19.3 Å². The normalized spacial score (nSPS) is 14.3. The zero-order valence-electron chi connectivity index (χ0n) is 15.0. The molecule has 6 N–H and O–H groups in total. The van der Waals surface area contributed by atoms with Crippen LogP contribution >= 0.6 is 0 Å². The van der Waals surface area contributed by atoms with E-state index in [1.54, 1.807) is 4.98 Å². The van der Waals surface area contributed by atoms with Crippen LogP contribution in [0.4, 0.5) is 4.39 Å². The maximum atomic E-state index is 13.4. The highest BCUT2D eigenvalue weighted by Crippen LogP contribution is 2.04. The fraction of sp³-hybridized carbons (Fsp3) is 0.533. The Kier molecular flexibility index (Phi) is 7.40.